The van der Waals surface area contributed by atoms with Crippen molar-refractivity contribution in [1.82, 2.24) is 0 Å². The zero-order valence-electron chi connectivity index (χ0n) is 25.5. The van der Waals surface area contributed by atoms with E-state index in [4.69, 9.17) is 0 Å². The molecule has 0 heterocycles. The molecule has 1 atom stereocenters. The number of hydrogen-bond donors (Lipinski definition) is 0. The fourth-order valence-electron chi connectivity index (χ4n) is 6.69. The van der Waals surface area contributed by atoms with E-state index in [1.54, 1.807) is 0 Å². The SMILES string of the molecule is C[Si]C.Cc1ccc2ccccc2c1-c1cccc2c1C=C(CC(C)C)C2c1cccc2c1[cH-]c1ccccc12.[Cl-].[Cl-].[Zr+3]. The van der Waals surface area contributed by atoms with Crippen LogP contribution in [-0.4, -0.2) is 9.52 Å². The first-order valence-electron chi connectivity index (χ1n) is 14.5. The minimum Gasteiger partial charge on any atom is -1.00 e. The Hall–Kier alpha value is -2.35. The van der Waals surface area contributed by atoms with E-state index in [9.17, 15) is 0 Å². The van der Waals surface area contributed by atoms with Crippen LogP contribution >= 0.6 is 0 Å². The third-order valence-electron chi connectivity index (χ3n) is 8.20. The van der Waals surface area contributed by atoms with Gasteiger partial charge in [-0.2, -0.15) is 0 Å². The summed E-state index contributed by atoms with van der Waals surface area (Å²) >= 11 is 0. The summed E-state index contributed by atoms with van der Waals surface area (Å²) in [5, 5.41) is 8.08. The number of fused-ring (bicyclic) bond motifs is 5. The second-order valence-corrected chi connectivity index (χ2v) is 12.6. The van der Waals surface area contributed by atoms with Crippen LogP contribution in [0, 0.1) is 12.8 Å². The molecule has 0 bridgehead atoms. The van der Waals surface area contributed by atoms with Crippen LogP contribution in [0.5, 0.6) is 0 Å². The maximum Gasteiger partial charge on any atom is 3.00 e. The van der Waals surface area contributed by atoms with Gasteiger partial charge in [0.15, 0.2) is 0 Å². The third kappa shape index (κ3) is 6.55. The Labute approximate surface area is 291 Å². The van der Waals surface area contributed by atoms with Crippen molar-refractivity contribution in [2.75, 3.05) is 0 Å². The van der Waals surface area contributed by atoms with Gasteiger partial charge in [-0.1, -0.05) is 135 Å². The third-order valence-corrected chi connectivity index (χ3v) is 8.20. The van der Waals surface area contributed by atoms with Crippen molar-refractivity contribution in [3.05, 3.63) is 131 Å². The fourth-order valence-corrected chi connectivity index (χ4v) is 6.69. The zero-order valence-corrected chi connectivity index (χ0v) is 30.5. The van der Waals surface area contributed by atoms with Crippen molar-refractivity contribution in [2.24, 2.45) is 5.92 Å². The minimum atomic E-state index is 0. The van der Waals surface area contributed by atoms with Crippen LogP contribution in [0.2, 0.25) is 13.1 Å². The monoisotopic (exact) mass is 693 g/mol. The number of allylic oxidation sites excluding steroid dienone is 1. The van der Waals surface area contributed by atoms with Crippen LogP contribution in [-0.2, 0) is 26.2 Å². The maximum atomic E-state index is 2.53. The molecule has 0 amide bonds. The molecule has 3 radical (unpaired) electrons. The molecule has 1 unspecified atom stereocenters. The summed E-state index contributed by atoms with van der Waals surface area (Å²) in [4.78, 5) is 0. The van der Waals surface area contributed by atoms with Crippen LogP contribution in [0.3, 0.4) is 0 Å². The van der Waals surface area contributed by atoms with E-state index in [1.165, 1.54) is 71.3 Å². The number of halogens is 2. The van der Waals surface area contributed by atoms with Gasteiger partial charge in [0.05, 0.1) is 0 Å². The van der Waals surface area contributed by atoms with E-state index in [2.05, 4.69) is 143 Å². The van der Waals surface area contributed by atoms with Gasteiger partial charge in [-0.3, -0.25) is 0 Å². The van der Waals surface area contributed by atoms with Gasteiger partial charge >= 0.3 is 26.2 Å². The Balaban J connectivity index is 0.000000812. The second kappa shape index (κ2) is 15.1. The molecule has 0 nitrogen and oxygen atoms in total. The molecule has 43 heavy (non-hydrogen) atoms. The summed E-state index contributed by atoms with van der Waals surface area (Å²) in [7, 11) is 1.08. The maximum absolute atomic E-state index is 2.53. The molecular weight excluding hydrogens is 659 g/mol. The van der Waals surface area contributed by atoms with E-state index in [-0.39, 0.29) is 56.9 Å². The molecule has 0 saturated heterocycles. The molecule has 1 aliphatic carbocycles. The average Bonchev–Trinajstić information content (AvgIpc) is 3.51. The van der Waals surface area contributed by atoms with Crippen LogP contribution in [0.25, 0.3) is 49.5 Å². The van der Waals surface area contributed by atoms with E-state index in [0.717, 1.165) is 15.9 Å². The predicted molar refractivity (Wildman–Crippen MR) is 178 cm³/mol. The molecule has 6 aromatic carbocycles. The Bertz CT molecular complexity index is 1880. The Morgan fingerprint density at radius 3 is 2.09 bits per heavy atom. The molecule has 0 aromatic heterocycles. The molecule has 4 heteroatoms. The topological polar surface area (TPSA) is 0 Å². The number of rotatable bonds is 4. The summed E-state index contributed by atoms with van der Waals surface area (Å²) in [6.45, 7) is 11.2. The van der Waals surface area contributed by atoms with Gasteiger partial charge in [0.2, 0.25) is 0 Å². The van der Waals surface area contributed by atoms with Gasteiger partial charge in [-0.25, -0.2) is 0 Å². The summed E-state index contributed by atoms with van der Waals surface area (Å²) in [5.41, 5.74) is 9.87. The molecule has 6 aromatic rings. The van der Waals surface area contributed by atoms with E-state index < -0.39 is 0 Å². The van der Waals surface area contributed by atoms with Gasteiger partial charge in [0.25, 0.3) is 0 Å². The Morgan fingerprint density at radius 2 is 1.35 bits per heavy atom. The first-order chi connectivity index (χ1) is 19.5. The molecule has 0 saturated carbocycles. The predicted octanol–water partition coefficient (Wildman–Crippen LogP) is 5.21. The van der Waals surface area contributed by atoms with Gasteiger partial charge in [-0.05, 0) is 57.9 Å². The van der Waals surface area contributed by atoms with Gasteiger partial charge < -0.3 is 24.8 Å². The molecule has 215 valence electrons. The van der Waals surface area contributed by atoms with Crippen LogP contribution in [0.15, 0.2) is 109 Å². The van der Waals surface area contributed by atoms with Crippen LogP contribution in [0.4, 0.5) is 0 Å². The van der Waals surface area contributed by atoms with Crippen molar-refractivity contribution in [2.45, 2.75) is 46.2 Å². The van der Waals surface area contributed by atoms with E-state index in [0.29, 0.717) is 5.92 Å². The molecular formula is C39H37Cl2SiZr. The van der Waals surface area contributed by atoms with E-state index in [1.807, 2.05) is 0 Å². The minimum absolute atomic E-state index is 0. The van der Waals surface area contributed by atoms with Crippen LogP contribution < -0.4 is 24.8 Å². The average molecular weight is 696 g/mol. The normalized spacial score (nSPS) is 13.4. The largest absolute Gasteiger partial charge is 3.00 e. The summed E-state index contributed by atoms with van der Waals surface area (Å²) < 4.78 is 0. The van der Waals surface area contributed by atoms with Gasteiger partial charge in [-0.15, -0.1) is 33.7 Å². The number of aryl methyl sites for hydroxylation is 1. The standard InChI is InChI=1S/C37H31.C2H6Si.2ClH.Zr/c1-23(2)20-27-22-35-31(36-24(3)18-19-25-10-4-7-13-29(25)36)15-9-17-33(35)37(27)32-16-8-14-30-28-12-6-5-11-26(28)21-34(30)32;1-3-2;;;/h4-19,21-23,37H,20H2,1-3H3;1-2H3;2*1H;/q-1;;;;+3/p-2. The fraction of sp³-hybridized carbons (Fsp3) is 0.205. The van der Waals surface area contributed by atoms with Gasteiger partial charge in [0.1, 0.15) is 0 Å². The molecule has 7 rings (SSSR count). The quantitative estimate of drug-likeness (QED) is 0.176. The molecule has 0 spiro atoms. The van der Waals surface area contributed by atoms with Crippen molar-refractivity contribution < 1.29 is 51.0 Å². The van der Waals surface area contributed by atoms with Crippen molar-refractivity contribution in [3.63, 3.8) is 0 Å². The summed E-state index contributed by atoms with van der Waals surface area (Å²) in [6, 6.07) is 38.4. The van der Waals surface area contributed by atoms with Crippen LogP contribution in [0.1, 0.15) is 48.4 Å². The molecule has 0 N–H and O–H groups in total. The van der Waals surface area contributed by atoms with Crippen molar-refractivity contribution in [1.29, 1.82) is 0 Å². The number of hydrogen-bond acceptors (Lipinski definition) is 0. The molecule has 1 aliphatic rings. The zero-order chi connectivity index (χ0) is 27.8. The summed E-state index contributed by atoms with van der Waals surface area (Å²) in [5.74, 6) is 0.886. The Morgan fingerprint density at radius 1 is 0.721 bits per heavy atom. The second-order valence-electron chi connectivity index (χ2n) is 11.6. The summed E-state index contributed by atoms with van der Waals surface area (Å²) in [6.07, 6.45) is 3.63. The first kappa shape index (κ1) is 35.1. The molecule has 0 aliphatic heterocycles. The van der Waals surface area contributed by atoms with Gasteiger partial charge in [0, 0.05) is 15.4 Å². The van der Waals surface area contributed by atoms with Crippen molar-refractivity contribution in [3.8, 4) is 11.1 Å². The van der Waals surface area contributed by atoms with Crippen molar-refractivity contribution >= 4 is 47.9 Å². The number of benzene rings is 5. The Kier molecular flexibility index (Phi) is 12.3. The van der Waals surface area contributed by atoms with E-state index >= 15 is 0 Å². The molecule has 0 fully saturated rings. The first-order valence-corrected chi connectivity index (χ1v) is 16.5. The smallest absolute Gasteiger partial charge is 1.00 e.